The van der Waals surface area contributed by atoms with Crippen molar-refractivity contribution >= 4 is 17.7 Å². The van der Waals surface area contributed by atoms with Crippen LogP contribution in [0, 0.1) is 0 Å². The third-order valence-corrected chi connectivity index (χ3v) is 4.98. The van der Waals surface area contributed by atoms with Crippen LogP contribution in [0.2, 0.25) is 0 Å². The number of nitrogens with one attached hydrogen (secondary N) is 2. The fourth-order valence-electron chi connectivity index (χ4n) is 3.41. The first-order valence-corrected chi connectivity index (χ1v) is 10.1. The van der Waals surface area contributed by atoms with Gasteiger partial charge in [-0.15, -0.1) is 0 Å². The molecule has 7 nitrogen and oxygen atoms in total. The van der Waals surface area contributed by atoms with Crippen LogP contribution < -0.4 is 10.6 Å². The molecule has 0 aromatic heterocycles. The van der Waals surface area contributed by atoms with Crippen molar-refractivity contribution in [1.29, 1.82) is 0 Å². The topological polar surface area (TPSA) is 87.7 Å². The number of nitrogens with zero attached hydrogens (tertiary/aromatic N) is 1. The molecule has 2 N–H and O–H groups in total. The summed E-state index contributed by atoms with van der Waals surface area (Å²) in [6, 6.07) is -0.802. The molecule has 2 fully saturated rings. The number of carbonyl (C=O) groups is 3. The van der Waals surface area contributed by atoms with Crippen LogP contribution in [0.1, 0.15) is 64.2 Å². The van der Waals surface area contributed by atoms with Gasteiger partial charge in [-0.3, -0.25) is 14.4 Å². The molecule has 0 bridgehead atoms. The van der Waals surface area contributed by atoms with Crippen molar-refractivity contribution < 1.29 is 19.1 Å². The molecule has 2 heterocycles. The molecular formula is C19H33N3O4. The molecule has 0 saturated carbocycles. The number of hydrogen-bond acceptors (Lipinski definition) is 4. The lowest BCUT2D eigenvalue weighted by Gasteiger charge is -2.22. The van der Waals surface area contributed by atoms with Gasteiger partial charge in [0.15, 0.2) is 0 Å². The Kier molecular flexibility index (Phi) is 9.45. The second-order valence-electron chi connectivity index (χ2n) is 7.19. The van der Waals surface area contributed by atoms with E-state index in [-0.39, 0.29) is 24.1 Å². The Morgan fingerprint density at radius 1 is 0.962 bits per heavy atom. The molecule has 0 aromatic rings. The average molecular weight is 367 g/mol. The summed E-state index contributed by atoms with van der Waals surface area (Å²) in [6.45, 7) is 3.04. The minimum atomic E-state index is -0.802. The maximum atomic E-state index is 12.5. The lowest BCUT2D eigenvalue weighted by molar-refractivity contribution is -0.135. The fraction of sp³-hybridized carbons (Fsp3) is 0.842. The van der Waals surface area contributed by atoms with E-state index in [2.05, 4.69) is 10.6 Å². The molecule has 26 heavy (non-hydrogen) atoms. The molecule has 0 aromatic carbocycles. The molecule has 1 atom stereocenters. The van der Waals surface area contributed by atoms with Gasteiger partial charge in [0.2, 0.25) is 17.7 Å². The highest BCUT2D eigenvalue weighted by Gasteiger charge is 2.27. The minimum Gasteiger partial charge on any atom is -0.380 e. The highest BCUT2D eigenvalue weighted by Crippen LogP contribution is 2.11. The molecule has 1 unspecified atom stereocenters. The molecule has 0 aliphatic carbocycles. The highest BCUT2D eigenvalue weighted by molar-refractivity contribution is 5.92. The van der Waals surface area contributed by atoms with Crippen LogP contribution in [0.5, 0.6) is 0 Å². The molecule has 7 heteroatoms. The van der Waals surface area contributed by atoms with Crippen LogP contribution in [-0.2, 0) is 19.1 Å². The van der Waals surface area contributed by atoms with Crippen molar-refractivity contribution in [1.82, 2.24) is 15.5 Å². The van der Waals surface area contributed by atoms with E-state index in [4.69, 9.17) is 4.74 Å². The Labute approximate surface area is 156 Å². The van der Waals surface area contributed by atoms with Gasteiger partial charge in [0.1, 0.15) is 6.04 Å². The molecule has 2 aliphatic rings. The van der Waals surface area contributed by atoms with Crippen molar-refractivity contribution in [2.24, 2.45) is 0 Å². The largest absolute Gasteiger partial charge is 0.380 e. The zero-order valence-electron chi connectivity index (χ0n) is 15.8. The molecule has 2 rings (SSSR count). The molecule has 148 valence electrons. The first kappa shape index (κ1) is 20.7. The third-order valence-electron chi connectivity index (χ3n) is 4.98. The molecule has 0 spiro atoms. The van der Waals surface area contributed by atoms with Gasteiger partial charge in [0.25, 0.3) is 0 Å². The SMILES string of the molecule is O=C1CCCCCCCCOCCNC(=O)C(CC(=O)N2CCCC2)N1. The van der Waals surface area contributed by atoms with Gasteiger partial charge >= 0.3 is 0 Å². The van der Waals surface area contributed by atoms with Crippen molar-refractivity contribution in [3.63, 3.8) is 0 Å². The quantitative estimate of drug-likeness (QED) is 0.771. The Bertz CT molecular complexity index is 464. The van der Waals surface area contributed by atoms with E-state index in [0.29, 0.717) is 26.2 Å². The van der Waals surface area contributed by atoms with Crippen LogP contribution in [0.15, 0.2) is 0 Å². The lowest BCUT2D eigenvalue weighted by Crippen LogP contribution is -2.49. The smallest absolute Gasteiger partial charge is 0.243 e. The van der Waals surface area contributed by atoms with Gasteiger partial charge in [-0.1, -0.05) is 25.7 Å². The van der Waals surface area contributed by atoms with E-state index in [0.717, 1.165) is 64.5 Å². The van der Waals surface area contributed by atoms with Gasteiger partial charge in [-0.2, -0.15) is 0 Å². The van der Waals surface area contributed by atoms with E-state index in [1.54, 1.807) is 4.90 Å². The van der Waals surface area contributed by atoms with E-state index in [1.807, 2.05) is 0 Å². The summed E-state index contributed by atoms with van der Waals surface area (Å²) in [5.41, 5.74) is 0. The Hall–Kier alpha value is -1.63. The van der Waals surface area contributed by atoms with Crippen LogP contribution in [0.3, 0.4) is 0 Å². The second kappa shape index (κ2) is 11.9. The number of amides is 3. The van der Waals surface area contributed by atoms with Gasteiger partial charge in [0.05, 0.1) is 13.0 Å². The zero-order valence-corrected chi connectivity index (χ0v) is 15.8. The number of likely N-dealkylation sites (tertiary alicyclic amines) is 1. The van der Waals surface area contributed by atoms with Gasteiger partial charge in [0, 0.05) is 32.7 Å². The zero-order chi connectivity index (χ0) is 18.6. The number of rotatable bonds is 2. The van der Waals surface area contributed by atoms with E-state index < -0.39 is 6.04 Å². The summed E-state index contributed by atoms with van der Waals surface area (Å²) in [4.78, 5) is 38.8. The first-order valence-electron chi connectivity index (χ1n) is 10.1. The normalized spacial score (nSPS) is 24.8. The second-order valence-corrected chi connectivity index (χ2v) is 7.19. The summed E-state index contributed by atoms with van der Waals surface area (Å²) in [5, 5.41) is 5.55. The highest BCUT2D eigenvalue weighted by atomic mass is 16.5. The number of hydrogen-bond donors (Lipinski definition) is 2. The van der Waals surface area contributed by atoms with Gasteiger partial charge in [-0.25, -0.2) is 0 Å². The summed E-state index contributed by atoms with van der Waals surface area (Å²) in [7, 11) is 0. The van der Waals surface area contributed by atoms with Crippen molar-refractivity contribution in [2.75, 3.05) is 32.8 Å². The summed E-state index contributed by atoms with van der Waals surface area (Å²) in [5.74, 6) is -0.516. The van der Waals surface area contributed by atoms with Crippen LogP contribution >= 0.6 is 0 Å². The number of carbonyl (C=O) groups excluding carboxylic acids is 3. The summed E-state index contributed by atoms with van der Waals surface area (Å²) >= 11 is 0. The lowest BCUT2D eigenvalue weighted by atomic mass is 10.1. The Balaban J connectivity index is 1.89. The predicted octanol–water partition coefficient (Wildman–Crippen LogP) is 1.36. The Morgan fingerprint density at radius 2 is 1.65 bits per heavy atom. The predicted molar refractivity (Wildman–Crippen MR) is 98.5 cm³/mol. The van der Waals surface area contributed by atoms with Gasteiger partial charge < -0.3 is 20.3 Å². The maximum absolute atomic E-state index is 12.5. The fourth-order valence-corrected chi connectivity index (χ4v) is 3.41. The monoisotopic (exact) mass is 367 g/mol. The van der Waals surface area contributed by atoms with E-state index >= 15 is 0 Å². The molecule has 2 aliphatic heterocycles. The van der Waals surface area contributed by atoms with Crippen LogP contribution in [-0.4, -0.2) is 61.5 Å². The van der Waals surface area contributed by atoms with Crippen molar-refractivity contribution in [3.8, 4) is 0 Å². The number of ether oxygens (including phenoxy) is 1. The maximum Gasteiger partial charge on any atom is 0.243 e. The Morgan fingerprint density at radius 3 is 2.42 bits per heavy atom. The van der Waals surface area contributed by atoms with Gasteiger partial charge in [-0.05, 0) is 25.7 Å². The summed E-state index contributed by atoms with van der Waals surface area (Å²) in [6.07, 6.45) is 8.72. The molecule has 0 radical (unpaired) electrons. The van der Waals surface area contributed by atoms with Crippen molar-refractivity contribution in [3.05, 3.63) is 0 Å². The molecule has 3 amide bonds. The third kappa shape index (κ3) is 7.72. The van der Waals surface area contributed by atoms with E-state index in [9.17, 15) is 14.4 Å². The van der Waals surface area contributed by atoms with Crippen molar-refractivity contribution in [2.45, 2.75) is 70.3 Å². The minimum absolute atomic E-state index is 0.0262. The van der Waals surface area contributed by atoms with Crippen LogP contribution in [0.25, 0.3) is 0 Å². The van der Waals surface area contributed by atoms with E-state index in [1.165, 1.54) is 0 Å². The average Bonchev–Trinajstić information content (AvgIpc) is 3.15. The first-order chi connectivity index (χ1) is 12.7. The molecular weight excluding hydrogens is 334 g/mol. The van der Waals surface area contributed by atoms with Crippen LogP contribution in [0.4, 0.5) is 0 Å². The summed E-state index contributed by atoms with van der Waals surface area (Å²) < 4.78 is 5.52. The standard InChI is InChI=1S/C19H33N3O4/c23-17-9-5-3-1-2-4-8-13-26-14-10-20-19(25)16(21-17)15-18(24)22-11-6-7-12-22/h16H,1-15H2,(H,20,25)(H,21,23). The molecule has 2 saturated heterocycles.